The number of hydrogen-bond donors (Lipinski definition) is 2. The molecular formula is C14H19N3O. The highest BCUT2D eigenvalue weighted by atomic mass is 16.5. The highest BCUT2D eigenvalue weighted by Crippen LogP contribution is 2.30. The molecule has 4 nitrogen and oxygen atoms in total. The van der Waals surface area contributed by atoms with Gasteiger partial charge < -0.3 is 15.5 Å². The van der Waals surface area contributed by atoms with Crippen molar-refractivity contribution in [1.82, 2.24) is 9.97 Å². The number of nitrogens with one attached hydrogen (secondary N) is 1. The van der Waals surface area contributed by atoms with Crippen LogP contribution >= 0.6 is 0 Å². The van der Waals surface area contributed by atoms with Crippen LogP contribution in [0.25, 0.3) is 11.3 Å². The van der Waals surface area contributed by atoms with Crippen molar-refractivity contribution in [2.24, 2.45) is 5.73 Å². The van der Waals surface area contributed by atoms with E-state index in [2.05, 4.69) is 23.0 Å². The Bertz CT molecular complexity index is 573. The molecular weight excluding hydrogens is 226 g/mol. The lowest BCUT2D eigenvalue weighted by atomic mass is 10.0. The molecule has 0 spiro atoms. The van der Waals surface area contributed by atoms with Gasteiger partial charge in [-0.25, -0.2) is 4.98 Å². The van der Waals surface area contributed by atoms with Crippen molar-refractivity contribution in [3.63, 3.8) is 0 Å². The second-order valence-corrected chi connectivity index (χ2v) is 4.49. The third-order valence-corrected chi connectivity index (χ3v) is 3.10. The number of nitrogens with zero attached hydrogens (tertiary/aromatic N) is 1. The molecule has 0 amide bonds. The highest BCUT2D eigenvalue weighted by molar-refractivity contribution is 5.68. The van der Waals surface area contributed by atoms with Crippen LogP contribution in [-0.2, 0) is 6.54 Å². The summed E-state index contributed by atoms with van der Waals surface area (Å²) >= 11 is 0. The van der Waals surface area contributed by atoms with Gasteiger partial charge in [0.15, 0.2) is 0 Å². The van der Waals surface area contributed by atoms with Gasteiger partial charge in [-0.1, -0.05) is 0 Å². The molecule has 18 heavy (non-hydrogen) atoms. The van der Waals surface area contributed by atoms with Crippen LogP contribution in [0.5, 0.6) is 5.75 Å². The molecule has 96 valence electrons. The van der Waals surface area contributed by atoms with E-state index in [-0.39, 0.29) is 0 Å². The minimum Gasteiger partial charge on any atom is -0.496 e. The Morgan fingerprint density at radius 2 is 1.94 bits per heavy atom. The largest absolute Gasteiger partial charge is 0.496 e. The van der Waals surface area contributed by atoms with Gasteiger partial charge in [-0.05, 0) is 44.0 Å². The lowest BCUT2D eigenvalue weighted by Gasteiger charge is -2.10. The van der Waals surface area contributed by atoms with Crippen molar-refractivity contribution in [2.45, 2.75) is 27.3 Å². The molecule has 0 aliphatic rings. The number of H-pyrrole nitrogens is 1. The maximum absolute atomic E-state index is 5.75. The van der Waals surface area contributed by atoms with Crippen molar-refractivity contribution in [1.29, 1.82) is 0 Å². The zero-order chi connectivity index (χ0) is 13.3. The van der Waals surface area contributed by atoms with Crippen LogP contribution in [0.15, 0.2) is 12.1 Å². The summed E-state index contributed by atoms with van der Waals surface area (Å²) < 4.78 is 5.33. The molecule has 0 aliphatic heterocycles. The number of methoxy groups -OCH3 is 1. The number of imidazole rings is 1. The van der Waals surface area contributed by atoms with Crippen molar-refractivity contribution < 1.29 is 4.74 Å². The summed E-state index contributed by atoms with van der Waals surface area (Å²) in [6.45, 7) is 6.49. The van der Waals surface area contributed by atoms with E-state index in [1.165, 1.54) is 0 Å². The molecule has 1 aromatic carbocycles. The number of ether oxygens (including phenoxy) is 1. The standard InChI is InChI=1S/C14H19N3O/c1-8-6-13(18-4)9(2)5-11(8)14-12(7-15)16-10(3)17-14/h5-6H,7,15H2,1-4H3,(H,16,17). The second-order valence-electron chi connectivity index (χ2n) is 4.49. The highest BCUT2D eigenvalue weighted by Gasteiger charge is 2.13. The summed E-state index contributed by atoms with van der Waals surface area (Å²) in [5.74, 6) is 1.79. The quantitative estimate of drug-likeness (QED) is 0.873. The molecule has 0 saturated heterocycles. The van der Waals surface area contributed by atoms with Crippen molar-refractivity contribution in [2.75, 3.05) is 7.11 Å². The van der Waals surface area contributed by atoms with E-state index in [0.29, 0.717) is 6.54 Å². The normalized spacial score (nSPS) is 10.7. The van der Waals surface area contributed by atoms with E-state index in [9.17, 15) is 0 Å². The fraction of sp³-hybridized carbons (Fsp3) is 0.357. The van der Waals surface area contributed by atoms with Gasteiger partial charge in [0, 0.05) is 12.1 Å². The van der Waals surface area contributed by atoms with Crippen LogP contribution in [0.3, 0.4) is 0 Å². The van der Waals surface area contributed by atoms with Gasteiger partial charge in [0.05, 0.1) is 18.5 Å². The fourth-order valence-electron chi connectivity index (χ4n) is 2.18. The topological polar surface area (TPSA) is 63.9 Å². The first-order chi connectivity index (χ1) is 8.56. The van der Waals surface area contributed by atoms with Crippen molar-refractivity contribution in [3.8, 4) is 17.0 Å². The minimum atomic E-state index is 0.459. The fourth-order valence-corrected chi connectivity index (χ4v) is 2.18. The predicted molar refractivity (Wildman–Crippen MR) is 72.7 cm³/mol. The molecule has 0 atom stereocenters. The average Bonchev–Trinajstić information content (AvgIpc) is 2.72. The number of nitrogens with two attached hydrogens (primary N) is 1. The van der Waals surface area contributed by atoms with Gasteiger partial charge in [-0.2, -0.15) is 0 Å². The maximum Gasteiger partial charge on any atom is 0.122 e. The summed E-state index contributed by atoms with van der Waals surface area (Å²) in [5.41, 5.74) is 11.0. The van der Waals surface area contributed by atoms with Gasteiger partial charge in [-0.3, -0.25) is 0 Å². The van der Waals surface area contributed by atoms with Gasteiger partial charge in [0.25, 0.3) is 0 Å². The summed E-state index contributed by atoms with van der Waals surface area (Å²) in [7, 11) is 1.69. The number of hydrogen-bond acceptors (Lipinski definition) is 3. The number of rotatable bonds is 3. The molecule has 2 aromatic rings. The number of aromatic amines is 1. The molecule has 0 aliphatic carbocycles. The Kier molecular flexibility index (Phi) is 3.39. The molecule has 0 bridgehead atoms. The van der Waals surface area contributed by atoms with Gasteiger partial charge >= 0.3 is 0 Å². The third kappa shape index (κ3) is 2.11. The summed E-state index contributed by atoms with van der Waals surface area (Å²) in [4.78, 5) is 7.73. The molecule has 4 heteroatoms. The molecule has 2 rings (SSSR count). The lowest BCUT2D eigenvalue weighted by molar-refractivity contribution is 0.411. The zero-order valence-electron chi connectivity index (χ0n) is 11.3. The number of aromatic nitrogens is 2. The molecule has 0 unspecified atom stereocenters. The van der Waals surface area contributed by atoms with Crippen LogP contribution in [0.1, 0.15) is 22.6 Å². The number of aryl methyl sites for hydroxylation is 3. The van der Waals surface area contributed by atoms with Crippen LogP contribution in [0, 0.1) is 20.8 Å². The van der Waals surface area contributed by atoms with E-state index in [1.54, 1.807) is 7.11 Å². The maximum atomic E-state index is 5.75. The Labute approximate surface area is 107 Å². The van der Waals surface area contributed by atoms with Crippen LogP contribution in [0.2, 0.25) is 0 Å². The average molecular weight is 245 g/mol. The van der Waals surface area contributed by atoms with Crippen LogP contribution in [0.4, 0.5) is 0 Å². The Hall–Kier alpha value is -1.81. The van der Waals surface area contributed by atoms with E-state index in [0.717, 1.165) is 39.7 Å². The molecule has 3 N–H and O–H groups in total. The van der Waals surface area contributed by atoms with E-state index >= 15 is 0 Å². The first-order valence-electron chi connectivity index (χ1n) is 5.98. The molecule has 0 saturated carbocycles. The molecule has 1 aromatic heterocycles. The van der Waals surface area contributed by atoms with E-state index < -0.39 is 0 Å². The Balaban J connectivity index is 2.60. The number of benzene rings is 1. The van der Waals surface area contributed by atoms with E-state index in [4.69, 9.17) is 10.5 Å². The summed E-state index contributed by atoms with van der Waals surface area (Å²) in [5, 5.41) is 0. The Morgan fingerprint density at radius 1 is 1.22 bits per heavy atom. The SMILES string of the molecule is COc1cc(C)c(-c2nc(C)[nH]c2CN)cc1C. The summed E-state index contributed by atoms with van der Waals surface area (Å²) in [6, 6.07) is 4.14. The first kappa shape index (κ1) is 12.6. The zero-order valence-corrected chi connectivity index (χ0v) is 11.3. The second kappa shape index (κ2) is 4.82. The predicted octanol–water partition coefficient (Wildman–Crippen LogP) is 2.47. The Morgan fingerprint density at radius 3 is 2.56 bits per heavy atom. The molecule has 0 fully saturated rings. The van der Waals surface area contributed by atoms with Crippen LogP contribution < -0.4 is 10.5 Å². The van der Waals surface area contributed by atoms with Gasteiger partial charge in [-0.15, -0.1) is 0 Å². The van der Waals surface area contributed by atoms with Crippen LogP contribution in [-0.4, -0.2) is 17.1 Å². The minimum absolute atomic E-state index is 0.459. The smallest absolute Gasteiger partial charge is 0.122 e. The summed E-state index contributed by atoms with van der Waals surface area (Å²) in [6.07, 6.45) is 0. The molecule has 0 radical (unpaired) electrons. The van der Waals surface area contributed by atoms with E-state index in [1.807, 2.05) is 19.9 Å². The third-order valence-electron chi connectivity index (χ3n) is 3.10. The van der Waals surface area contributed by atoms with Crippen molar-refractivity contribution >= 4 is 0 Å². The van der Waals surface area contributed by atoms with Gasteiger partial charge in [0.1, 0.15) is 11.6 Å². The first-order valence-corrected chi connectivity index (χ1v) is 5.98. The van der Waals surface area contributed by atoms with Crippen molar-refractivity contribution in [3.05, 3.63) is 34.8 Å². The molecule has 1 heterocycles. The van der Waals surface area contributed by atoms with Gasteiger partial charge in [0.2, 0.25) is 0 Å². The lowest BCUT2D eigenvalue weighted by Crippen LogP contribution is -2.00. The monoisotopic (exact) mass is 245 g/mol.